The molecular formula is C6H7NO2. The molecule has 0 aliphatic heterocycles. The Bertz CT molecular complexity index is 222. The van der Waals surface area contributed by atoms with E-state index in [1.807, 2.05) is 0 Å². The third-order valence-corrected chi connectivity index (χ3v) is 1.09. The molecule has 1 N–H and O–H groups in total. The fourth-order valence-electron chi connectivity index (χ4n) is 0.544. The maximum absolute atomic E-state index is 10.6. The predicted octanol–water partition coefficient (Wildman–Crippen LogP) is 0.334. The van der Waals surface area contributed by atoms with Gasteiger partial charge in [-0.05, 0) is 6.07 Å². The van der Waals surface area contributed by atoms with Gasteiger partial charge in [-0.15, -0.1) is 0 Å². The van der Waals surface area contributed by atoms with E-state index in [-0.39, 0.29) is 5.75 Å². The van der Waals surface area contributed by atoms with Crippen LogP contribution in [0.2, 0.25) is 0 Å². The van der Waals surface area contributed by atoms with Gasteiger partial charge in [-0.25, -0.2) is 0 Å². The topological polar surface area (TPSA) is 47.2 Å². The van der Waals surface area contributed by atoms with Crippen molar-refractivity contribution in [3.8, 4) is 5.75 Å². The standard InChI is InChI=1S/C6H7NO2/c1-5-2-3-6(8)4-7(5)9/h2-4,8H,1H3. The Labute approximate surface area is 52.8 Å². The van der Waals surface area contributed by atoms with E-state index >= 15 is 0 Å². The monoisotopic (exact) mass is 125 g/mol. The van der Waals surface area contributed by atoms with Crippen LogP contribution < -0.4 is 4.73 Å². The van der Waals surface area contributed by atoms with Gasteiger partial charge in [0.05, 0.1) is 0 Å². The zero-order valence-electron chi connectivity index (χ0n) is 5.03. The number of pyridine rings is 1. The molecule has 0 bridgehead atoms. The smallest absolute Gasteiger partial charge is 0.222 e. The summed E-state index contributed by atoms with van der Waals surface area (Å²) in [6, 6.07) is 3.03. The predicted molar refractivity (Wildman–Crippen MR) is 31.8 cm³/mol. The number of aromatic hydroxyl groups is 1. The largest absolute Gasteiger partial charge is 0.618 e. The minimum Gasteiger partial charge on any atom is -0.618 e. The highest BCUT2D eigenvalue weighted by Gasteiger charge is 1.96. The summed E-state index contributed by atoms with van der Waals surface area (Å²) in [6.45, 7) is 1.67. The summed E-state index contributed by atoms with van der Waals surface area (Å²) in [4.78, 5) is 0. The molecule has 0 unspecified atom stereocenters. The minimum atomic E-state index is -0.00407. The summed E-state index contributed by atoms with van der Waals surface area (Å²) >= 11 is 0. The highest BCUT2D eigenvalue weighted by molar-refractivity contribution is 5.12. The van der Waals surface area contributed by atoms with E-state index in [9.17, 15) is 5.21 Å². The lowest BCUT2D eigenvalue weighted by molar-refractivity contribution is -0.612. The lowest BCUT2D eigenvalue weighted by Crippen LogP contribution is -2.28. The van der Waals surface area contributed by atoms with Crippen molar-refractivity contribution >= 4 is 0 Å². The molecule has 3 nitrogen and oxygen atoms in total. The fraction of sp³-hybridized carbons (Fsp3) is 0.167. The molecule has 0 saturated carbocycles. The summed E-state index contributed by atoms with van der Waals surface area (Å²) < 4.78 is 0.620. The van der Waals surface area contributed by atoms with Crippen LogP contribution in [0, 0.1) is 12.1 Å². The Hall–Kier alpha value is -1.25. The van der Waals surface area contributed by atoms with Crippen molar-refractivity contribution in [3.63, 3.8) is 0 Å². The van der Waals surface area contributed by atoms with E-state index in [4.69, 9.17) is 5.11 Å². The van der Waals surface area contributed by atoms with Gasteiger partial charge in [0.1, 0.15) is 0 Å². The van der Waals surface area contributed by atoms with E-state index in [0.717, 1.165) is 6.20 Å². The number of aromatic nitrogens is 1. The van der Waals surface area contributed by atoms with E-state index in [1.165, 1.54) is 6.07 Å². The van der Waals surface area contributed by atoms with Gasteiger partial charge in [0.25, 0.3) is 0 Å². The van der Waals surface area contributed by atoms with Gasteiger partial charge in [0.15, 0.2) is 11.4 Å². The summed E-state index contributed by atoms with van der Waals surface area (Å²) in [6.07, 6.45) is 1.12. The van der Waals surface area contributed by atoms with Crippen molar-refractivity contribution in [2.24, 2.45) is 0 Å². The third kappa shape index (κ3) is 1.10. The molecule has 0 radical (unpaired) electrons. The number of hydrogen-bond donors (Lipinski definition) is 1. The molecule has 0 spiro atoms. The molecule has 0 aliphatic rings. The molecule has 0 atom stereocenters. The number of nitrogens with zero attached hydrogens (tertiary/aromatic N) is 1. The second kappa shape index (κ2) is 1.93. The van der Waals surface area contributed by atoms with Crippen LogP contribution in [0.4, 0.5) is 0 Å². The first kappa shape index (κ1) is 5.88. The van der Waals surface area contributed by atoms with Crippen molar-refractivity contribution in [1.29, 1.82) is 0 Å². The van der Waals surface area contributed by atoms with Crippen molar-refractivity contribution in [2.45, 2.75) is 6.92 Å². The molecule has 9 heavy (non-hydrogen) atoms. The Morgan fingerprint density at radius 2 is 2.22 bits per heavy atom. The van der Waals surface area contributed by atoms with Crippen LogP contribution in [0.25, 0.3) is 0 Å². The Morgan fingerprint density at radius 3 is 2.67 bits per heavy atom. The van der Waals surface area contributed by atoms with Crippen LogP contribution in [0.3, 0.4) is 0 Å². The van der Waals surface area contributed by atoms with E-state index in [1.54, 1.807) is 13.0 Å². The third-order valence-electron chi connectivity index (χ3n) is 1.09. The molecule has 1 aromatic rings. The second-order valence-electron chi connectivity index (χ2n) is 1.85. The molecule has 0 amide bonds. The van der Waals surface area contributed by atoms with E-state index in [0.29, 0.717) is 10.4 Å². The molecule has 3 heteroatoms. The first-order valence-corrected chi connectivity index (χ1v) is 2.59. The lowest BCUT2D eigenvalue weighted by Gasteiger charge is -1.97. The molecule has 0 aliphatic carbocycles. The zero-order valence-corrected chi connectivity index (χ0v) is 5.03. The van der Waals surface area contributed by atoms with E-state index < -0.39 is 0 Å². The first-order valence-electron chi connectivity index (χ1n) is 2.59. The Balaban J connectivity index is 3.17. The van der Waals surface area contributed by atoms with Crippen LogP contribution >= 0.6 is 0 Å². The number of hydrogen-bond acceptors (Lipinski definition) is 2. The van der Waals surface area contributed by atoms with Crippen molar-refractivity contribution in [2.75, 3.05) is 0 Å². The van der Waals surface area contributed by atoms with Crippen LogP contribution in [0.15, 0.2) is 18.3 Å². The maximum atomic E-state index is 10.6. The van der Waals surface area contributed by atoms with E-state index in [2.05, 4.69) is 0 Å². The lowest BCUT2D eigenvalue weighted by atomic mass is 10.4. The quantitative estimate of drug-likeness (QED) is 0.401. The van der Waals surface area contributed by atoms with Gasteiger partial charge in [-0.3, -0.25) is 0 Å². The number of aryl methyl sites for hydroxylation is 1. The summed E-state index contributed by atoms with van der Waals surface area (Å²) in [5, 5.41) is 19.3. The molecule has 48 valence electrons. The molecule has 1 heterocycles. The van der Waals surface area contributed by atoms with Crippen LogP contribution in [-0.4, -0.2) is 5.11 Å². The van der Waals surface area contributed by atoms with Gasteiger partial charge in [-0.1, -0.05) is 0 Å². The maximum Gasteiger partial charge on any atom is 0.222 e. The van der Waals surface area contributed by atoms with Crippen LogP contribution in [0.5, 0.6) is 5.75 Å². The summed E-state index contributed by atoms with van der Waals surface area (Å²) in [5.41, 5.74) is 0.577. The SMILES string of the molecule is Cc1ccc(O)c[n+]1[O-]. The van der Waals surface area contributed by atoms with Crippen molar-refractivity contribution < 1.29 is 9.84 Å². The molecular weight excluding hydrogens is 118 g/mol. The number of rotatable bonds is 0. The highest BCUT2D eigenvalue weighted by atomic mass is 16.5. The second-order valence-corrected chi connectivity index (χ2v) is 1.85. The van der Waals surface area contributed by atoms with Crippen LogP contribution in [0.1, 0.15) is 5.69 Å². The van der Waals surface area contributed by atoms with Gasteiger partial charge in [-0.2, -0.15) is 4.73 Å². The molecule has 0 aromatic carbocycles. The van der Waals surface area contributed by atoms with Gasteiger partial charge in [0.2, 0.25) is 6.20 Å². The molecule has 1 aromatic heterocycles. The Kier molecular flexibility index (Phi) is 1.26. The minimum absolute atomic E-state index is 0.00407. The average Bonchev–Trinajstić information content (AvgIpc) is 1.80. The first-order chi connectivity index (χ1) is 4.20. The fourth-order valence-corrected chi connectivity index (χ4v) is 0.544. The van der Waals surface area contributed by atoms with Crippen molar-refractivity contribution in [3.05, 3.63) is 29.2 Å². The Morgan fingerprint density at radius 1 is 1.56 bits per heavy atom. The van der Waals surface area contributed by atoms with Gasteiger partial charge < -0.3 is 10.3 Å². The van der Waals surface area contributed by atoms with Gasteiger partial charge in [0, 0.05) is 13.0 Å². The normalized spacial score (nSPS) is 9.44. The van der Waals surface area contributed by atoms with Crippen LogP contribution in [-0.2, 0) is 0 Å². The molecule has 0 fully saturated rings. The summed E-state index contributed by atoms with van der Waals surface area (Å²) in [5.74, 6) is -0.00407. The molecule has 1 rings (SSSR count). The zero-order chi connectivity index (χ0) is 6.85. The highest BCUT2D eigenvalue weighted by Crippen LogP contribution is 2.02. The van der Waals surface area contributed by atoms with Gasteiger partial charge >= 0.3 is 0 Å². The molecule has 0 saturated heterocycles. The average molecular weight is 125 g/mol. The van der Waals surface area contributed by atoms with Crippen molar-refractivity contribution in [1.82, 2.24) is 0 Å². The summed E-state index contributed by atoms with van der Waals surface area (Å²) in [7, 11) is 0.